The maximum absolute atomic E-state index is 12.6. The van der Waals surface area contributed by atoms with E-state index in [9.17, 15) is 19.5 Å². The first-order valence-electron chi connectivity index (χ1n) is 14.7. The minimum atomic E-state index is -1.10. The van der Waals surface area contributed by atoms with Gasteiger partial charge in [-0.15, -0.1) is 0 Å². The van der Waals surface area contributed by atoms with Gasteiger partial charge in [-0.2, -0.15) is 0 Å². The molecule has 0 radical (unpaired) electrons. The molecule has 0 aromatic heterocycles. The minimum absolute atomic E-state index is 0.171. The Balaban J connectivity index is 3.97. The van der Waals surface area contributed by atoms with Crippen molar-refractivity contribution in [2.24, 2.45) is 11.5 Å². The van der Waals surface area contributed by atoms with E-state index in [1.165, 1.54) is 77.0 Å². The van der Waals surface area contributed by atoms with Crippen molar-refractivity contribution in [1.82, 2.24) is 10.6 Å². The molecule has 2 atom stereocenters. The van der Waals surface area contributed by atoms with E-state index < -0.39 is 24.0 Å². The Bertz CT molecular complexity index is 560. The predicted molar refractivity (Wildman–Crippen MR) is 148 cm³/mol. The van der Waals surface area contributed by atoms with E-state index in [4.69, 9.17) is 11.5 Å². The lowest BCUT2D eigenvalue weighted by atomic mass is 10.0. The third-order valence-electron chi connectivity index (χ3n) is 6.67. The average Bonchev–Trinajstić information content (AvgIpc) is 2.86. The third-order valence-corrected chi connectivity index (χ3v) is 6.67. The number of aliphatic carboxylic acids is 1. The van der Waals surface area contributed by atoms with Crippen molar-refractivity contribution in [1.29, 1.82) is 0 Å². The second kappa shape index (κ2) is 25.0. The lowest BCUT2D eigenvalue weighted by molar-refractivity contribution is -0.142. The maximum atomic E-state index is 12.6. The topological polar surface area (TPSA) is 148 Å². The van der Waals surface area contributed by atoms with Crippen LogP contribution in [0.25, 0.3) is 0 Å². The molecule has 0 saturated carbocycles. The van der Waals surface area contributed by atoms with Crippen molar-refractivity contribution < 1.29 is 19.5 Å². The van der Waals surface area contributed by atoms with Crippen LogP contribution in [0.5, 0.6) is 0 Å². The standard InChI is InChI=1S/C28H56N4O4/c1-2-3-4-5-6-7-8-9-10-11-12-13-14-15-16-21-26(33)31-24(19-17-22-29)27(34)32-25(28(35)36)20-18-23-30/h24-25H,2-23,29-30H2,1H3,(H,31,33)(H,32,34)(H,35,36). The number of unbranched alkanes of at least 4 members (excludes halogenated alkanes) is 14. The summed E-state index contributed by atoms with van der Waals surface area (Å²) in [5.41, 5.74) is 11.0. The van der Waals surface area contributed by atoms with E-state index in [0.29, 0.717) is 38.8 Å². The largest absolute Gasteiger partial charge is 0.480 e. The summed E-state index contributed by atoms with van der Waals surface area (Å²) in [5.74, 6) is -1.74. The fourth-order valence-electron chi connectivity index (χ4n) is 4.37. The number of rotatable bonds is 26. The van der Waals surface area contributed by atoms with Gasteiger partial charge in [0.1, 0.15) is 12.1 Å². The van der Waals surface area contributed by atoms with E-state index in [1.54, 1.807) is 0 Å². The summed E-state index contributed by atoms with van der Waals surface area (Å²) < 4.78 is 0. The molecule has 0 aliphatic rings. The molecule has 0 aliphatic heterocycles. The number of nitrogens with two attached hydrogens (primary N) is 2. The summed E-state index contributed by atoms with van der Waals surface area (Å²) in [5, 5.41) is 14.6. The third kappa shape index (κ3) is 20.5. The quantitative estimate of drug-likeness (QED) is 0.105. The van der Waals surface area contributed by atoms with Crippen LogP contribution >= 0.6 is 0 Å². The lowest BCUT2D eigenvalue weighted by Crippen LogP contribution is -2.51. The Morgan fingerprint density at radius 2 is 1.03 bits per heavy atom. The van der Waals surface area contributed by atoms with Gasteiger partial charge in [-0.1, -0.05) is 96.8 Å². The predicted octanol–water partition coefficient (Wildman–Crippen LogP) is 4.78. The molecule has 0 heterocycles. The van der Waals surface area contributed by atoms with Crippen LogP contribution in [0.4, 0.5) is 0 Å². The molecule has 8 nitrogen and oxygen atoms in total. The summed E-state index contributed by atoms with van der Waals surface area (Å²) in [7, 11) is 0. The van der Waals surface area contributed by atoms with Gasteiger partial charge < -0.3 is 27.2 Å². The van der Waals surface area contributed by atoms with Gasteiger partial charge in [-0.25, -0.2) is 4.79 Å². The van der Waals surface area contributed by atoms with Crippen LogP contribution in [0, 0.1) is 0 Å². The van der Waals surface area contributed by atoms with Crippen molar-refractivity contribution in [2.45, 2.75) is 147 Å². The van der Waals surface area contributed by atoms with Crippen molar-refractivity contribution in [3.05, 3.63) is 0 Å². The highest BCUT2D eigenvalue weighted by atomic mass is 16.4. The molecular formula is C28H56N4O4. The van der Waals surface area contributed by atoms with Crippen LogP contribution in [-0.4, -0.2) is 48.1 Å². The molecule has 0 bridgehead atoms. The van der Waals surface area contributed by atoms with Crippen LogP contribution in [-0.2, 0) is 14.4 Å². The lowest BCUT2D eigenvalue weighted by Gasteiger charge is -2.21. The molecule has 0 aromatic carbocycles. The zero-order valence-electron chi connectivity index (χ0n) is 23.0. The van der Waals surface area contributed by atoms with Crippen molar-refractivity contribution in [2.75, 3.05) is 13.1 Å². The van der Waals surface area contributed by atoms with Gasteiger partial charge in [0, 0.05) is 6.42 Å². The van der Waals surface area contributed by atoms with Crippen LogP contribution in [0.3, 0.4) is 0 Å². The summed E-state index contributed by atoms with van der Waals surface area (Å²) in [6, 6.07) is -1.77. The zero-order valence-corrected chi connectivity index (χ0v) is 23.0. The Morgan fingerprint density at radius 3 is 1.44 bits per heavy atom. The first-order valence-corrected chi connectivity index (χ1v) is 14.7. The fraction of sp³-hybridized carbons (Fsp3) is 0.893. The fourth-order valence-corrected chi connectivity index (χ4v) is 4.37. The molecule has 0 aromatic rings. The molecule has 36 heavy (non-hydrogen) atoms. The highest BCUT2D eigenvalue weighted by molar-refractivity contribution is 5.90. The number of nitrogens with one attached hydrogen (secondary N) is 2. The highest BCUT2D eigenvalue weighted by Gasteiger charge is 2.25. The molecule has 212 valence electrons. The Hall–Kier alpha value is -1.67. The van der Waals surface area contributed by atoms with Crippen LogP contribution in [0.15, 0.2) is 0 Å². The second-order valence-electron chi connectivity index (χ2n) is 10.1. The van der Waals surface area contributed by atoms with E-state index in [1.807, 2.05) is 0 Å². The van der Waals surface area contributed by atoms with Crippen LogP contribution < -0.4 is 22.1 Å². The van der Waals surface area contributed by atoms with Crippen molar-refractivity contribution >= 4 is 17.8 Å². The van der Waals surface area contributed by atoms with Gasteiger partial charge in [0.25, 0.3) is 0 Å². The normalized spacial score (nSPS) is 12.8. The number of hydrogen-bond acceptors (Lipinski definition) is 5. The van der Waals surface area contributed by atoms with Gasteiger partial charge in [0.05, 0.1) is 0 Å². The first kappa shape index (κ1) is 34.3. The molecule has 2 unspecified atom stereocenters. The van der Waals surface area contributed by atoms with Crippen LogP contribution in [0.2, 0.25) is 0 Å². The summed E-state index contributed by atoms with van der Waals surface area (Å²) in [6.07, 6.45) is 21.1. The molecular weight excluding hydrogens is 456 g/mol. The maximum Gasteiger partial charge on any atom is 0.326 e. The minimum Gasteiger partial charge on any atom is -0.480 e. The monoisotopic (exact) mass is 512 g/mol. The van der Waals surface area contributed by atoms with Crippen LogP contribution in [0.1, 0.15) is 135 Å². The number of carboxylic acids is 1. The van der Waals surface area contributed by atoms with E-state index in [2.05, 4.69) is 17.6 Å². The Kier molecular flexibility index (Phi) is 23.8. The number of carboxylic acid groups (broad SMARTS) is 1. The SMILES string of the molecule is CCCCCCCCCCCCCCCCCC(=O)NC(CCCN)C(=O)NC(CCCN)C(=O)O. The van der Waals surface area contributed by atoms with Gasteiger partial charge in [-0.3, -0.25) is 9.59 Å². The van der Waals surface area contributed by atoms with E-state index in [0.717, 1.165) is 19.3 Å². The second-order valence-corrected chi connectivity index (χ2v) is 10.1. The smallest absolute Gasteiger partial charge is 0.326 e. The molecule has 0 saturated heterocycles. The zero-order chi connectivity index (χ0) is 26.9. The summed E-state index contributed by atoms with van der Waals surface area (Å²) in [6.45, 7) is 3.01. The molecule has 0 rings (SSSR count). The number of amides is 2. The number of carbonyl (C=O) groups is 3. The van der Waals surface area contributed by atoms with Crippen molar-refractivity contribution in [3.8, 4) is 0 Å². The first-order chi connectivity index (χ1) is 17.5. The summed E-state index contributed by atoms with van der Waals surface area (Å²) in [4.78, 5) is 36.4. The highest BCUT2D eigenvalue weighted by Crippen LogP contribution is 2.14. The molecule has 8 heteroatoms. The molecule has 2 amide bonds. The average molecular weight is 513 g/mol. The Morgan fingerprint density at radius 1 is 0.611 bits per heavy atom. The van der Waals surface area contributed by atoms with Crippen molar-refractivity contribution in [3.63, 3.8) is 0 Å². The van der Waals surface area contributed by atoms with E-state index >= 15 is 0 Å². The molecule has 7 N–H and O–H groups in total. The number of carbonyl (C=O) groups excluding carboxylic acids is 2. The van der Waals surface area contributed by atoms with Gasteiger partial charge in [-0.05, 0) is 45.2 Å². The van der Waals surface area contributed by atoms with Gasteiger partial charge in [0.2, 0.25) is 11.8 Å². The van der Waals surface area contributed by atoms with Gasteiger partial charge >= 0.3 is 5.97 Å². The molecule has 0 aliphatic carbocycles. The number of hydrogen-bond donors (Lipinski definition) is 5. The molecule has 0 spiro atoms. The Labute approximate surface area is 220 Å². The van der Waals surface area contributed by atoms with Gasteiger partial charge in [0.15, 0.2) is 0 Å². The molecule has 0 fully saturated rings. The summed E-state index contributed by atoms with van der Waals surface area (Å²) >= 11 is 0. The van der Waals surface area contributed by atoms with E-state index in [-0.39, 0.29) is 12.3 Å².